The fourth-order valence-corrected chi connectivity index (χ4v) is 2.86. The number of aryl methyl sites for hydroxylation is 1. The van der Waals surface area contributed by atoms with Crippen molar-refractivity contribution >= 4 is 16.7 Å². The lowest BCUT2D eigenvalue weighted by Crippen LogP contribution is -2.24. The van der Waals surface area contributed by atoms with E-state index in [9.17, 15) is 9.59 Å². The van der Waals surface area contributed by atoms with Crippen molar-refractivity contribution < 1.29 is 14.3 Å². The normalized spacial score (nSPS) is 11.4. The van der Waals surface area contributed by atoms with E-state index in [1.165, 1.54) is 12.6 Å². The SMILES string of the molecule is Cn1nc(C(=O)OCCOc2ccc(C(C)(C)C)cc2)c2ccccc2c1=O. The molecule has 3 rings (SSSR count). The zero-order chi connectivity index (χ0) is 20.3. The fraction of sp³-hybridized carbons (Fsp3) is 0.318. The van der Waals surface area contributed by atoms with Crippen molar-refractivity contribution in [2.45, 2.75) is 26.2 Å². The van der Waals surface area contributed by atoms with Crippen LogP contribution in [0.25, 0.3) is 10.8 Å². The highest BCUT2D eigenvalue weighted by Crippen LogP contribution is 2.24. The molecule has 28 heavy (non-hydrogen) atoms. The second-order valence-electron chi connectivity index (χ2n) is 7.58. The van der Waals surface area contributed by atoms with Gasteiger partial charge in [0.15, 0.2) is 5.69 Å². The molecule has 0 N–H and O–H groups in total. The van der Waals surface area contributed by atoms with E-state index in [-0.39, 0.29) is 29.9 Å². The summed E-state index contributed by atoms with van der Waals surface area (Å²) in [6.45, 7) is 6.77. The maximum absolute atomic E-state index is 12.4. The molecule has 6 nitrogen and oxygen atoms in total. The minimum absolute atomic E-state index is 0.0820. The Labute approximate surface area is 163 Å². The summed E-state index contributed by atoms with van der Waals surface area (Å²) >= 11 is 0. The number of hydrogen-bond acceptors (Lipinski definition) is 5. The average molecular weight is 380 g/mol. The Morgan fingerprint density at radius 2 is 1.64 bits per heavy atom. The van der Waals surface area contributed by atoms with Gasteiger partial charge in [-0.1, -0.05) is 51.1 Å². The third-order valence-electron chi connectivity index (χ3n) is 4.46. The van der Waals surface area contributed by atoms with E-state index in [1.54, 1.807) is 24.3 Å². The third kappa shape index (κ3) is 4.22. The largest absolute Gasteiger partial charge is 0.490 e. The van der Waals surface area contributed by atoms with E-state index in [1.807, 2.05) is 24.3 Å². The summed E-state index contributed by atoms with van der Waals surface area (Å²) in [5.74, 6) is 0.133. The predicted molar refractivity (Wildman–Crippen MR) is 108 cm³/mol. The number of fused-ring (bicyclic) bond motifs is 1. The van der Waals surface area contributed by atoms with E-state index < -0.39 is 5.97 Å². The first kappa shape index (κ1) is 19.6. The summed E-state index contributed by atoms with van der Waals surface area (Å²) in [5.41, 5.74) is 1.17. The Bertz CT molecular complexity index is 1050. The van der Waals surface area contributed by atoms with Gasteiger partial charge in [0.2, 0.25) is 0 Å². The van der Waals surface area contributed by atoms with Gasteiger partial charge in [-0.25, -0.2) is 9.48 Å². The highest BCUT2D eigenvalue weighted by atomic mass is 16.6. The lowest BCUT2D eigenvalue weighted by atomic mass is 9.87. The van der Waals surface area contributed by atoms with Crippen LogP contribution in [0.4, 0.5) is 0 Å². The van der Waals surface area contributed by atoms with E-state index in [0.29, 0.717) is 10.8 Å². The molecular formula is C22H24N2O4. The number of benzene rings is 2. The number of carbonyl (C=O) groups is 1. The minimum Gasteiger partial charge on any atom is -0.490 e. The van der Waals surface area contributed by atoms with Crippen LogP contribution in [0.2, 0.25) is 0 Å². The lowest BCUT2D eigenvalue weighted by Gasteiger charge is -2.19. The monoisotopic (exact) mass is 380 g/mol. The van der Waals surface area contributed by atoms with Gasteiger partial charge in [-0.2, -0.15) is 5.10 Å². The molecule has 2 aromatic carbocycles. The van der Waals surface area contributed by atoms with Crippen molar-refractivity contribution in [1.29, 1.82) is 0 Å². The maximum Gasteiger partial charge on any atom is 0.359 e. The molecule has 3 aromatic rings. The number of nitrogens with zero attached hydrogens (tertiary/aromatic N) is 2. The molecule has 0 saturated heterocycles. The fourth-order valence-electron chi connectivity index (χ4n) is 2.86. The molecule has 0 saturated carbocycles. The summed E-state index contributed by atoms with van der Waals surface area (Å²) < 4.78 is 12.1. The molecule has 0 radical (unpaired) electrons. The Morgan fingerprint density at radius 1 is 1.00 bits per heavy atom. The van der Waals surface area contributed by atoms with Crippen molar-refractivity contribution in [2.75, 3.05) is 13.2 Å². The van der Waals surface area contributed by atoms with Crippen LogP contribution in [-0.2, 0) is 17.2 Å². The van der Waals surface area contributed by atoms with Gasteiger partial charge in [-0.05, 0) is 29.2 Å². The Hall–Kier alpha value is -3.15. The molecule has 0 fully saturated rings. The second-order valence-corrected chi connectivity index (χ2v) is 7.58. The maximum atomic E-state index is 12.4. The van der Waals surface area contributed by atoms with Gasteiger partial charge in [0.05, 0.1) is 5.39 Å². The quantitative estimate of drug-likeness (QED) is 0.501. The number of carbonyl (C=O) groups excluding carboxylic acids is 1. The zero-order valence-electron chi connectivity index (χ0n) is 16.6. The highest BCUT2D eigenvalue weighted by Gasteiger charge is 2.17. The second kappa shape index (κ2) is 7.84. The molecule has 0 aliphatic carbocycles. The summed E-state index contributed by atoms with van der Waals surface area (Å²) in [4.78, 5) is 24.6. The molecule has 0 unspecified atom stereocenters. The molecule has 1 heterocycles. The number of ether oxygens (including phenoxy) is 2. The lowest BCUT2D eigenvalue weighted by molar-refractivity contribution is 0.0443. The van der Waals surface area contributed by atoms with Gasteiger partial charge in [0.1, 0.15) is 19.0 Å². The van der Waals surface area contributed by atoms with E-state index in [4.69, 9.17) is 9.47 Å². The van der Waals surface area contributed by atoms with Crippen LogP contribution < -0.4 is 10.3 Å². The molecular weight excluding hydrogens is 356 g/mol. The molecule has 0 aliphatic rings. The van der Waals surface area contributed by atoms with Gasteiger partial charge in [-0.15, -0.1) is 0 Å². The first-order valence-corrected chi connectivity index (χ1v) is 9.14. The topological polar surface area (TPSA) is 70.4 Å². The third-order valence-corrected chi connectivity index (χ3v) is 4.46. The zero-order valence-corrected chi connectivity index (χ0v) is 16.6. The standard InChI is InChI=1S/C22H24N2O4/c1-22(2,3)15-9-11-16(12-10-15)27-13-14-28-21(26)19-17-7-5-6-8-18(17)20(25)24(4)23-19/h5-12H,13-14H2,1-4H3. The van der Waals surface area contributed by atoms with Crippen LogP contribution in [0, 0.1) is 0 Å². The van der Waals surface area contributed by atoms with Crippen LogP contribution in [0.3, 0.4) is 0 Å². The van der Waals surface area contributed by atoms with Gasteiger partial charge < -0.3 is 9.47 Å². The molecule has 146 valence electrons. The summed E-state index contributed by atoms with van der Waals surface area (Å²) in [6.07, 6.45) is 0. The number of rotatable bonds is 5. The number of aromatic nitrogens is 2. The summed E-state index contributed by atoms with van der Waals surface area (Å²) in [6, 6.07) is 14.7. The van der Waals surface area contributed by atoms with Gasteiger partial charge in [-0.3, -0.25) is 4.79 Å². The van der Waals surface area contributed by atoms with Crippen LogP contribution in [0.1, 0.15) is 36.8 Å². The first-order chi connectivity index (χ1) is 13.3. The van der Waals surface area contributed by atoms with Crippen molar-refractivity contribution in [3.63, 3.8) is 0 Å². The summed E-state index contributed by atoms with van der Waals surface area (Å²) in [7, 11) is 1.51. The van der Waals surface area contributed by atoms with Gasteiger partial charge in [0, 0.05) is 12.4 Å². The van der Waals surface area contributed by atoms with Gasteiger partial charge in [0.25, 0.3) is 5.56 Å². The van der Waals surface area contributed by atoms with Crippen LogP contribution in [-0.4, -0.2) is 29.0 Å². The van der Waals surface area contributed by atoms with E-state index >= 15 is 0 Å². The molecule has 0 amide bonds. The van der Waals surface area contributed by atoms with E-state index in [0.717, 1.165) is 10.4 Å². The predicted octanol–water partition coefficient (Wildman–Crippen LogP) is 3.47. The number of esters is 1. The molecule has 0 spiro atoms. The molecule has 6 heteroatoms. The van der Waals surface area contributed by atoms with Crippen molar-refractivity contribution in [1.82, 2.24) is 9.78 Å². The van der Waals surface area contributed by atoms with Crippen molar-refractivity contribution in [3.8, 4) is 5.75 Å². The van der Waals surface area contributed by atoms with E-state index in [2.05, 4.69) is 25.9 Å². The first-order valence-electron chi connectivity index (χ1n) is 9.14. The summed E-state index contributed by atoms with van der Waals surface area (Å²) in [5, 5.41) is 4.97. The number of hydrogen-bond donors (Lipinski definition) is 0. The van der Waals surface area contributed by atoms with Crippen LogP contribution in [0.15, 0.2) is 53.3 Å². The van der Waals surface area contributed by atoms with Crippen LogP contribution in [0.5, 0.6) is 5.75 Å². The highest BCUT2D eigenvalue weighted by molar-refractivity contribution is 6.02. The van der Waals surface area contributed by atoms with Crippen molar-refractivity contribution in [2.24, 2.45) is 7.05 Å². The minimum atomic E-state index is -0.585. The Kier molecular flexibility index (Phi) is 5.49. The molecule has 1 aromatic heterocycles. The molecule has 0 aliphatic heterocycles. The Morgan fingerprint density at radius 3 is 2.29 bits per heavy atom. The van der Waals surface area contributed by atoms with Crippen LogP contribution >= 0.6 is 0 Å². The smallest absolute Gasteiger partial charge is 0.359 e. The molecule has 0 atom stereocenters. The average Bonchev–Trinajstić information content (AvgIpc) is 2.67. The Balaban J connectivity index is 1.62. The van der Waals surface area contributed by atoms with Gasteiger partial charge >= 0.3 is 5.97 Å². The van der Waals surface area contributed by atoms with Crippen molar-refractivity contribution in [3.05, 3.63) is 70.1 Å². The molecule has 0 bridgehead atoms.